The van der Waals surface area contributed by atoms with Gasteiger partial charge in [-0.2, -0.15) is 0 Å². The largest absolute Gasteiger partial charge is 0.449 e. The molecule has 0 heterocycles. The van der Waals surface area contributed by atoms with Crippen LogP contribution in [0.4, 0.5) is 5.69 Å². The molecule has 0 unspecified atom stereocenters. The maximum Gasteiger partial charge on any atom is 0.230 e. The van der Waals surface area contributed by atoms with Crippen LogP contribution >= 0.6 is 27.5 Å². The molecule has 1 aliphatic carbocycles. The third kappa shape index (κ3) is 2.42. The molecule has 0 spiro atoms. The summed E-state index contributed by atoms with van der Waals surface area (Å²) in [5, 5.41) is -0.244. The second-order valence-corrected chi connectivity index (χ2v) is 5.92. The number of nitrogen functional groups attached to an aromatic ring is 1. The SMILES string of the molecule is Nc1cc(Br)ccc1OC1=C(Cl)C(=O)c2ccccc2C1=O. The van der Waals surface area contributed by atoms with Crippen molar-refractivity contribution in [2.24, 2.45) is 0 Å². The van der Waals surface area contributed by atoms with Gasteiger partial charge in [0.15, 0.2) is 11.5 Å². The standard InChI is InChI=1S/C16H9BrClNO3/c17-8-5-6-12(11(19)7-8)22-16-13(18)14(20)9-3-1-2-4-10(9)15(16)21/h1-7H,19H2. The highest BCUT2D eigenvalue weighted by atomic mass is 79.9. The number of Topliss-reactive ketones (excluding diaryl/α,β-unsaturated/α-hetero) is 2. The lowest BCUT2D eigenvalue weighted by Crippen LogP contribution is -2.23. The van der Waals surface area contributed by atoms with Gasteiger partial charge in [0, 0.05) is 15.6 Å². The number of rotatable bonds is 2. The normalized spacial score (nSPS) is 14.1. The molecule has 4 nitrogen and oxygen atoms in total. The van der Waals surface area contributed by atoms with Crippen LogP contribution in [0.2, 0.25) is 0 Å². The van der Waals surface area contributed by atoms with Crippen molar-refractivity contribution in [3.63, 3.8) is 0 Å². The van der Waals surface area contributed by atoms with E-state index in [0.29, 0.717) is 5.69 Å². The number of fused-ring (bicyclic) bond motifs is 1. The number of ketones is 2. The molecule has 2 N–H and O–H groups in total. The van der Waals surface area contributed by atoms with Crippen LogP contribution in [-0.4, -0.2) is 11.6 Å². The quantitative estimate of drug-likeness (QED) is 0.804. The van der Waals surface area contributed by atoms with E-state index >= 15 is 0 Å². The maximum atomic E-state index is 12.5. The Bertz CT molecular complexity index is 845. The number of ether oxygens (including phenoxy) is 1. The van der Waals surface area contributed by atoms with Gasteiger partial charge in [0.2, 0.25) is 11.6 Å². The zero-order chi connectivity index (χ0) is 15.9. The topological polar surface area (TPSA) is 69.4 Å². The Morgan fingerprint density at radius 2 is 1.64 bits per heavy atom. The van der Waals surface area contributed by atoms with Gasteiger partial charge in [-0.05, 0) is 18.2 Å². The van der Waals surface area contributed by atoms with Crippen LogP contribution in [0.1, 0.15) is 20.7 Å². The van der Waals surface area contributed by atoms with Crippen LogP contribution < -0.4 is 10.5 Å². The Balaban J connectivity index is 2.05. The second kappa shape index (κ2) is 5.59. The fourth-order valence-corrected chi connectivity index (χ4v) is 2.74. The van der Waals surface area contributed by atoms with Crippen LogP contribution in [0.25, 0.3) is 0 Å². The van der Waals surface area contributed by atoms with Gasteiger partial charge >= 0.3 is 0 Å². The first-order valence-electron chi connectivity index (χ1n) is 6.30. The van der Waals surface area contributed by atoms with Gasteiger partial charge in [0.1, 0.15) is 5.03 Å². The summed E-state index contributed by atoms with van der Waals surface area (Å²) in [5.41, 5.74) is 6.70. The third-order valence-corrected chi connectivity index (χ3v) is 4.04. The van der Waals surface area contributed by atoms with Gasteiger partial charge in [-0.3, -0.25) is 9.59 Å². The van der Waals surface area contributed by atoms with Gasteiger partial charge in [0.25, 0.3) is 0 Å². The lowest BCUT2D eigenvalue weighted by Gasteiger charge is -2.18. The number of carbonyl (C=O) groups is 2. The summed E-state index contributed by atoms with van der Waals surface area (Å²) < 4.78 is 6.30. The third-order valence-electron chi connectivity index (χ3n) is 3.21. The first-order valence-corrected chi connectivity index (χ1v) is 7.47. The summed E-state index contributed by atoms with van der Waals surface area (Å²) in [6, 6.07) is 11.4. The first kappa shape index (κ1) is 14.8. The highest BCUT2D eigenvalue weighted by Crippen LogP contribution is 2.33. The van der Waals surface area contributed by atoms with E-state index in [1.165, 1.54) is 0 Å². The van der Waals surface area contributed by atoms with Crippen molar-refractivity contribution in [1.82, 2.24) is 0 Å². The number of allylic oxidation sites excluding steroid dienone is 2. The molecule has 22 heavy (non-hydrogen) atoms. The molecule has 6 heteroatoms. The average molecular weight is 379 g/mol. The molecule has 3 rings (SSSR count). The van der Waals surface area contributed by atoms with Crippen LogP contribution in [0, 0.1) is 0 Å². The van der Waals surface area contributed by atoms with E-state index in [2.05, 4.69) is 15.9 Å². The minimum absolute atomic E-state index is 0.209. The number of nitrogens with two attached hydrogens (primary N) is 1. The Labute approximate surface area is 139 Å². The van der Waals surface area contributed by atoms with Crippen molar-refractivity contribution in [1.29, 1.82) is 0 Å². The van der Waals surface area contributed by atoms with Gasteiger partial charge in [-0.15, -0.1) is 0 Å². The van der Waals surface area contributed by atoms with Crippen LogP contribution in [0.5, 0.6) is 5.75 Å². The number of carbonyl (C=O) groups excluding carboxylic acids is 2. The zero-order valence-electron chi connectivity index (χ0n) is 11.1. The van der Waals surface area contributed by atoms with Gasteiger partial charge in [0.05, 0.1) is 5.69 Å². The summed E-state index contributed by atoms with van der Waals surface area (Å²) in [4.78, 5) is 24.7. The van der Waals surface area contributed by atoms with Crippen LogP contribution in [-0.2, 0) is 0 Å². The predicted molar refractivity (Wildman–Crippen MR) is 87.2 cm³/mol. The minimum Gasteiger partial charge on any atom is -0.449 e. The Kier molecular flexibility index (Phi) is 3.76. The molecule has 2 aromatic rings. The molecule has 0 aromatic heterocycles. The Morgan fingerprint density at radius 3 is 2.27 bits per heavy atom. The number of anilines is 1. The summed E-state index contributed by atoms with van der Waals surface area (Å²) in [6.45, 7) is 0. The van der Waals surface area contributed by atoms with E-state index in [1.807, 2.05) is 0 Å². The average Bonchev–Trinajstić information content (AvgIpc) is 2.51. The molecule has 1 aliphatic rings. The molecule has 0 saturated heterocycles. The van der Waals surface area contributed by atoms with Gasteiger partial charge in [-0.25, -0.2) is 0 Å². The highest BCUT2D eigenvalue weighted by molar-refractivity contribution is 9.10. The fraction of sp³-hybridized carbons (Fsp3) is 0. The predicted octanol–water partition coefficient (Wildman–Crippen LogP) is 3.94. The van der Waals surface area contributed by atoms with E-state index in [-0.39, 0.29) is 27.7 Å². The maximum absolute atomic E-state index is 12.5. The van der Waals surface area contributed by atoms with Crippen LogP contribution in [0.15, 0.2) is 57.7 Å². The lowest BCUT2D eigenvalue weighted by molar-refractivity contribution is 0.0943. The molecule has 0 radical (unpaired) electrons. The van der Waals surface area contributed by atoms with Crippen molar-refractivity contribution in [3.05, 3.63) is 68.9 Å². The summed E-state index contributed by atoms with van der Waals surface area (Å²) >= 11 is 9.30. The number of hydrogen-bond acceptors (Lipinski definition) is 4. The van der Waals surface area contributed by atoms with Crippen molar-refractivity contribution in [2.45, 2.75) is 0 Å². The Morgan fingerprint density at radius 1 is 1.00 bits per heavy atom. The zero-order valence-corrected chi connectivity index (χ0v) is 13.4. The highest BCUT2D eigenvalue weighted by Gasteiger charge is 2.33. The number of halogens is 2. The second-order valence-electron chi connectivity index (χ2n) is 4.63. The molecule has 2 aromatic carbocycles. The molecule has 0 bridgehead atoms. The smallest absolute Gasteiger partial charge is 0.230 e. The summed E-state index contributed by atoms with van der Waals surface area (Å²) in [7, 11) is 0. The molecule has 0 atom stereocenters. The van der Waals surface area contributed by atoms with Crippen molar-refractivity contribution in [2.75, 3.05) is 5.73 Å². The molecule has 110 valence electrons. The molecule has 0 fully saturated rings. The first-order chi connectivity index (χ1) is 10.5. The molecular weight excluding hydrogens is 370 g/mol. The molecule has 0 aliphatic heterocycles. The fourth-order valence-electron chi connectivity index (χ4n) is 2.14. The number of benzene rings is 2. The van der Waals surface area contributed by atoms with Crippen molar-refractivity contribution >= 4 is 44.8 Å². The van der Waals surface area contributed by atoms with Crippen LogP contribution in [0.3, 0.4) is 0 Å². The lowest BCUT2D eigenvalue weighted by atomic mass is 9.93. The number of hydrogen-bond donors (Lipinski definition) is 1. The van der Waals surface area contributed by atoms with Crippen molar-refractivity contribution in [3.8, 4) is 5.75 Å². The summed E-state index contributed by atoms with van der Waals surface area (Å²) in [6.07, 6.45) is 0. The van der Waals surface area contributed by atoms with E-state index in [4.69, 9.17) is 22.1 Å². The van der Waals surface area contributed by atoms with E-state index in [1.54, 1.807) is 42.5 Å². The van der Waals surface area contributed by atoms with E-state index < -0.39 is 11.6 Å². The van der Waals surface area contributed by atoms with Crippen molar-refractivity contribution < 1.29 is 14.3 Å². The monoisotopic (exact) mass is 377 g/mol. The molecule has 0 saturated carbocycles. The van der Waals surface area contributed by atoms with Gasteiger partial charge < -0.3 is 10.5 Å². The minimum atomic E-state index is -0.442. The summed E-state index contributed by atoms with van der Waals surface area (Å²) in [5.74, 6) is -0.832. The van der Waals surface area contributed by atoms with Gasteiger partial charge in [-0.1, -0.05) is 51.8 Å². The Hall–Kier alpha value is -2.11. The van der Waals surface area contributed by atoms with E-state index in [0.717, 1.165) is 4.47 Å². The van der Waals surface area contributed by atoms with E-state index in [9.17, 15) is 9.59 Å². The molecular formula is C16H9BrClNO3. The molecule has 0 amide bonds.